The van der Waals surface area contributed by atoms with E-state index in [2.05, 4.69) is 25.7 Å². The zero-order valence-electron chi connectivity index (χ0n) is 19.6. The molecule has 0 aliphatic heterocycles. The minimum atomic E-state index is -0.00533. The maximum Gasteiger partial charge on any atom is 0.305 e. The number of carbonyl (C=O) groups excluding carboxylic acids is 1. The van der Waals surface area contributed by atoms with Gasteiger partial charge in [0.05, 0.1) is 6.61 Å². The Morgan fingerprint density at radius 1 is 0.607 bits per heavy atom. The van der Waals surface area contributed by atoms with Crippen molar-refractivity contribution in [3.8, 4) is 0 Å². The lowest BCUT2D eigenvalue weighted by Crippen LogP contribution is -2.24. The van der Waals surface area contributed by atoms with Crippen LogP contribution in [0, 0.1) is 0 Å². The highest BCUT2D eigenvalue weighted by atomic mass is 16.5. The van der Waals surface area contributed by atoms with Crippen LogP contribution >= 0.6 is 0 Å². The average Bonchev–Trinajstić information content (AvgIpc) is 2.71. The van der Waals surface area contributed by atoms with E-state index >= 15 is 0 Å². The van der Waals surface area contributed by atoms with Gasteiger partial charge >= 0.3 is 5.97 Å². The van der Waals surface area contributed by atoms with Crippen LogP contribution in [0.3, 0.4) is 0 Å². The molecule has 0 fully saturated rings. The van der Waals surface area contributed by atoms with Crippen LogP contribution in [0.5, 0.6) is 0 Å². The molecule has 0 aromatic carbocycles. The largest absolute Gasteiger partial charge is 0.466 e. The van der Waals surface area contributed by atoms with Gasteiger partial charge in [-0.3, -0.25) is 4.79 Å². The molecule has 0 heterocycles. The van der Waals surface area contributed by atoms with Crippen molar-refractivity contribution in [3.63, 3.8) is 0 Å². The lowest BCUT2D eigenvalue weighted by Gasteiger charge is -2.17. The monoisotopic (exact) mass is 397 g/mol. The van der Waals surface area contributed by atoms with Gasteiger partial charge in [0.1, 0.15) is 0 Å². The standard InChI is InChI=1S/C25H51NO2/c1-4-7-8-9-10-11-12-13-14-15-16-17-18-21-24-28-25(27)22-19-20-23-26(5-2)6-3/h4-24H2,1-3H3. The number of unbranched alkanes of at least 4 members (excludes halogenated alkanes) is 14. The molecule has 0 amide bonds. The van der Waals surface area contributed by atoms with Gasteiger partial charge in [-0.2, -0.15) is 0 Å². The number of esters is 1. The van der Waals surface area contributed by atoms with E-state index in [-0.39, 0.29) is 5.97 Å². The van der Waals surface area contributed by atoms with Crippen molar-refractivity contribution in [1.29, 1.82) is 0 Å². The third-order valence-corrected chi connectivity index (χ3v) is 5.76. The summed E-state index contributed by atoms with van der Waals surface area (Å²) in [6.45, 7) is 10.6. The first-order chi connectivity index (χ1) is 13.7. The van der Waals surface area contributed by atoms with E-state index in [0.29, 0.717) is 13.0 Å². The summed E-state index contributed by atoms with van der Waals surface area (Å²) in [6, 6.07) is 0. The fourth-order valence-corrected chi connectivity index (χ4v) is 3.70. The first-order valence-electron chi connectivity index (χ1n) is 12.6. The summed E-state index contributed by atoms with van der Waals surface area (Å²) < 4.78 is 5.36. The fourth-order valence-electron chi connectivity index (χ4n) is 3.70. The van der Waals surface area contributed by atoms with Crippen LogP contribution in [0.25, 0.3) is 0 Å². The first-order valence-corrected chi connectivity index (χ1v) is 12.6. The number of hydrogen-bond acceptors (Lipinski definition) is 3. The van der Waals surface area contributed by atoms with Gasteiger partial charge in [0.25, 0.3) is 0 Å². The van der Waals surface area contributed by atoms with Gasteiger partial charge in [0.15, 0.2) is 0 Å². The Morgan fingerprint density at radius 2 is 1.07 bits per heavy atom. The molecule has 0 atom stereocenters. The third-order valence-electron chi connectivity index (χ3n) is 5.76. The van der Waals surface area contributed by atoms with Crippen molar-refractivity contribution in [2.24, 2.45) is 0 Å². The second-order valence-corrected chi connectivity index (χ2v) is 8.30. The van der Waals surface area contributed by atoms with Gasteiger partial charge in [-0.05, 0) is 38.9 Å². The molecule has 0 aliphatic carbocycles. The summed E-state index contributed by atoms with van der Waals surface area (Å²) in [5.74, 6) is -0.00533. The first kappa shape index (κ1) is 27.4. The number of hydrogen-bond donors (Lipinski definition) is 0. The smallest absolute Gasteiger partial charge is 0.305 e. The van der Waals surface area contributed by atoms with Crippen LogP contribution in [-0.4, -0.2) is 37.1 Å². The zero-order chi connectivity index (χ0) is 20.7. The van der Waals surface area contributed by atoms with Crippen LogP contribution in [0.1, 0.15) is 130 Å². The van der Waals surface area contributed by atoms with E-state index in [1.165, 1.54) is 83.5 Å². The summed E-state index contributed by atoms with van der Waals surface area (Å²) in [6.07, 6.45) is 21.6. The Kier molecular flexibility index (Phi) is 22.3. The van der Waals surface area contributed by atoms with Crippen molar-refractivity contribution in [3.05, 3.63) is 0 Å². The van der Waals surface area contributed by atoms with Gasteiger partial charge < -0.3 is 9.64 Å². The highest BCUT2D eigenvalue weighted by molar-refractivity contribution is 5.69. The summed E-state index contributed by atoms with van der Waals surface area (Å²) in [4.78, 5) is 14.1. The number of nitrogens with zero attached hydrogens (tertiary/aromatic N) is 1. The molecular weight excluding hydrogens is 346 g/mol. The van der Waals surface area contributed by atoms with Crippen molar-refractivity contribution in [1.82, 2.24) is 4.90 Å². The molecule has 0 unspecified atom stereocenters. The molecule has 0 bridgehead atoms. The second-order valence-electron chi connectivity index (χ2n) is 8.30. The predicted molar refractivity (Wildman–Crippen MR) is 123 cm³/mol. The van der Waals surface area contributed by atoms with Gasteiger partial charge in [-0.1, -0.05) is 104 Å². The van der Waals surface area contributed by atoms with E-state index < -0.39 is 0 Å². The Bertz CT molecular complexity index is 316. The molecule has 0 saturated heterocycles. The highest BCUT2D eigenvalue weighted by Gasteiger charge is 2.04. The van der Waals surface area contributed by atoms with Gasteiger partial charge in [0, 0.05) is 6.42 Å². The molecule has 0 rings (SSSR count). The topological polar surface area (TPSA) is 29.5 Å². The van der Waals surface area contributed by atoms with E-state index in [0.717, 1.165) is 38.9 Å². The summed E-state index contributed by atoms with van der Waals surface area (Å²) >= 11 is 0. The number of carbonyl (C=O) groups is 1. The van der Waals surface area contributed by atoms with E-state index in [4.69, 9.17) is 4.74 Å². The minimum absolute atomic E-state index is 0.00533. The SMILES string of the molecule is CCCCCCCCCCCCCCCCOC(=O)CCCCN(CC)CC. The maximum atomic E-state index is 11.7. The summed E-state index contributed by atoms with van der Waals surface area (Å²) in [7, 11) is 0. The number of rotatable bonds is 22. The van der Waals surface area contributed by atoms with Crippen molar-refractivity contribution < 1.29 is 9.53 Å². The molecular formula is C25H51NO2. The zero-order valence-corrected chi connectivity index (χ0v) is 19.6. The molecule has 168 valence electrons. The van der Waals surface area contributed by atoms with Crippen molar-refractivity contribution in [2.45, 2.75) is 130 Å². The molecule has 3 heteroatoms. The van der Waals surface area contributed by atoms with Crippen molar-refractivity contribution in [2.75, 3.05) is 26.2 Å². The lowest BCUT2D eigenvalue weighted by atomic mass is 10.0. The van der Waals surface area contributed by atoms with Crippen LogP contribution < -0.4 is 0 Å². The Labute approximate surface area is 177 Å². The molecule has 0 N–H and O–H groups in total. The van der Waals surface area contributed by atoms with Crippen LogP contribution in [-0.2, 0) is 9.53 Å². The Morgan fingerprint density at radius 3 is 1.54 bits per heavy atom. The molecule has 0 spiro atoms. The summed E-state index contributed by atoms with van der Waals surface area (Å²) in [5.41, 5.74) is 0. The Hall–Kier alpha value is -0.570. The van der Waals surface area contributed by atoms with E-state index in [1.54, 1.807) is 0 Å². The number of ether oxygens (including phenoxy) is 1. The molecule has 0 aromatic rings. The maximum absolute atomic E-state index is 11.7. The molecule has 0 aliphatic rings. The second kappa shape index (κ2) is 22.7. The van der Waals surface area contributed by atoms with Crippen LogP contribution in [0.2, 0.25) is 0 Å². The fraction of sp³-hybridized carbons (Fsp3) is 0.960. The molecule has 0 radical (unpaired) electrons. The van der Waals surface area contributed by atoms with Crippen LogP contribution in [0.4, 0.5) is 0 Å². The normalized spacial score (nSPS) is 11.3. The summed E-state index contributed by atoms with van der Waals surface area (Å²) in [5, 5.41) is 0. The molecule has 0 saturated carbocycles. The minimum Gasteiger partial charge on any atom is -0.466 e. The van der Waals surface area contributed by atoms with Gasteiger partial charge in [0.2, 0.25) is 0 Å². The molecule has 3 nitrogen and oxygen atoms in total. The highest BCUT2D eigenvalue weighted by Crippen LogP contribution is 2.13. The average molecular weight is 398 g/mol. The quantitative estimate of drug-likeness (QED) is 0.140. The Balaban J connectivity index is 3.19. The lowest BCUT2D eigenvalue weighted by molar-refractivity contribution is -0.143. The van der Waals surface area contributed by atoms with Crippen molar-refractivity contribution >= 4 is 5.97 Å². The van der Waals surface area contributed by atoms with Crippen LogP contribution in [0.15, 0.2) is 0 Å². The predicted octanol–water partition coefficient (Wildman–Crippen LogP) is 7.52. The van der Waals surface area contributed by atoms with E-state index in [1.807, 2.05) is 0 Å². The molecule has 0 aromatic heterocycles. The third kappa shape index (κ3) is 20.2. The van der Waals surface area contributed by atoms with E-state index in [9.17, 15) is 4.79 Å². The molecule has 28 heavy (non-hydrogen) atoms. The van der Waals surface area contributed by atoms with Gasteiger partial charge in [-0.25, -0.2) is 0 Å². The van der Waals surface area contributed by atoms with Gasteiger partial charge in [-0.15, -0.1) is 0 Å².